The predicted octanol–water partition coefficient (Wildman–Crippen LogP) is 2.09. The Bertz CT molecular complexity index is 721. The van der Waals surface area contributed by atoms with Crippen molar-refractivity contribution in [1.29, 1.82) is 0 Å². The number of aliphatic imine (C=N–C) groups is 1. The molecule has 0 fully saturated rings. The largest absolute Gasteiger partial charge is 0.464 e. The van der Waals surface area contributed by atoms with Gasteiger partial charge in [-0.1, -0.05) is 30.3 Å². The van der Waals surface area contributed by atoms with Gasteiger partial charge in [0, 0.05) is 0 Å². The molecule has 0 amide bonds. The number of hydrogen-bond donors (Lipinski definition) is 0. The molecule has 0 saturated carbocycles. The van der Waals surface area contributed by atoms with Crippen LogP contribution in [0.4, 0.5) is 0 Å². The van der Waals surface area contributed by atoms with Crippen molar-refractivity contribution < 1.29 is 14.3 Å². The fourth-order valence-electron chi connectivity index (χ4n) is 2.15. The molecule has 4 nitrogen and oxygen atoms in total. The molecule has 0 aromatic heterocycles. The van der Waals surface area contributed by atoms with Crippen LogP contribution in [-0.4, -0.2) is 24.6 Å². The number of rotatable bonds is 2. The Morgan fingerprint density at radius 3 is 2.55 bits per heavy atom. The first-order valence-electron chi connectivity index (χ1n) is 6.11. The first-order valence-corrected chi connectivity index (χ1v) is 6.11. The minimum absolute atomic E-state index is 0.149. The van der Waals surface area contributed by atoms with Crippen LogP contribution >= 0.6 is 0 Å². The maximum absolute atomic E-state index is 12.1. The van der Waals surface area contributed by atoms with E-state index in [1.54, 1.807) is 12.2 Å². The SMILES string of the molecule is COC(=O)C1=NC2=CC(c3ccccc3)=CC(=O)C2=C1. The second kappa shape index (κ2) is 4.74. The van der Waals surface area contributed by atoms with Crippen molar-refractivity contribution >= 4 is 23.0 Å². The van der Waals surface area contributed by atoms with E-state index in [1.165, 1.54) is 13.2 Å². The minimum atomic E-state index is -0.540. The number of esters is 1. The summed E-state index contributed by atoms with van der Waals surface area (Å²) in [5.41, 5.74) is 2.83. The van der Waals surface area contributed by atoms with Gasteiger partial charge in [-0.25, -0.2) is 9.79 Å². The maximum atomic E-state index is 12.1. The molecule has 4 heteroatoms. The molecule has 0 N–H and O–H groups in total. The van der Waals surface area contributed by atoms with Crippen molar-refractivity contribution in [3.8, 4) is 0 Å². The van der Waals surface area contributed by atoms with Crippen molar-refractivity contribution in [2.45, 2.75) is 0 Å². The standard InChI is InChI=1S/C16H11NO3/c1-20-16(19)14-9-12-13(17-14)7-11(8-15(12)18)10-5-3-2-4-6-10/h2-9H,1H3. The summed E-state index contributed by atoms with van der Waals surface area (Å²) < 4.78 is 4.62. The van der Waals surface area contributed by atoms with Gasteiger partial charge in [0.2, 0.25) is 0 Å². The monoisotopic (exact) mass is 265 g/mol. The highest BCUT2D eigenvalue weighted by Crippen LogP contribution is 2.30. The van der Waals surface area contributed by atoms with Crippen LogP contribution in [0, 0.1) is 0 Å². The Hall–Kier alpha value is -2.75. The van der Waals surface area contributed by atoms with Gasteiger partial charge in [-0.3, -0.25) is 4.79 Å². The number of carbonyl (C=O) groups excluding carboxylic acids is 2. The third kappa shape index (κ3) is 2.01. The lowest BCUT2D eigenvalue weighted by atomic mass is 9.94. The Balaban J connectivity index is 2.01. The van der Waals surface area contributed by atoms with Gasteiger partial charge in [0.05, 0.1) is 18.4 Å². The van der Waals surface area contributed by atoms with Crippen LogP contribution in [-0.2, 0) is 14.3 Å². The highest BCUT2D eigenvalue weighted by atomic mass is 16.5. The van der Waals surface area contributed by atoms with Crippen molar-refractivity contribution in [1.82, 2.24) is 0 Å². The van der Waals surface area contributed by atoms with E-state index in [9.17, 15) is 9.59 Å². The lowest BCUT2D eigenvalue weighted by Crippen LogP contribution is -2.11. The van der Waals surface area contributed by atoms with Crippen LogP contribution < -0.4 is 0 Å². The molecule has 3 rings (SSSR count). The molecule has 98 valence electrons. The Morgan fingerprint density at radius 1 is 1.10 bits per heavy atom. The topological polar surface area (TPSA) is 55.7 Å². The molecular weight excluding hydrogens is 254 g/mol. The van der Waals surface area contributed by atoms with E-state index < -0.39 is 5.97 Å². The van der Waals surface area contributed by atoms with Crippen LogP contribution in [0.5, 0.6) is 0 Å². The van der Waals surface area contributed by atoms with E-state index in [4.69, 9.17) is 0 Å². The van der Waals surface area contributed by atoms with Crippen LogP contribution in [0.3, 0.4) is 0 Å². The van der Waals surface area contributed by atoms with Gasteiger partial charge in [-0.15, -0.1) is 0 Å². The second-order valence-electron chi connectivity index (χ2n) is 4.41. The first kappa shape index (κ1) is 12.3. The van der Waals surface area contributed by atoms with E-state index in [0.717, 1.165) is 11.1 Å². The number of methoxy groups -OCH3 is 1. The van der Waals surface area contributed by atoms with Gasteiger partial charge in [0.1, 0.15) is 5.71 Å². The Labute approximate surface area is 115 Å². The van der Waals surface area contributed by atoms with E-state index >= 15 is 0 Å². The molecule has 0 bridgehead atoms. The summed E-state index contributed by atoms with van der Waals surface area (Å²) in [4.78, 5) is 27.7. The average Bonchev–Trinajstić information content (AvgIpc) is 2.92. The van der Waals surface area contributed by atoms with Gasteiger partial charge < -0.3 is 4.74 Å². The first-order chi connectivity index (χ1) is 9.69. The average molecular weight is 265 g/mol. The maximum Gasteiger partial charge on any atom is 0.356 e. The number of hydrogen-bond acceptors (Lipinski definition) is 4. The summed E-state index contributed by atoms with van der Waals surface area (Å²) in [6, 6.07) is 9.57. The summed E-state index contributed by atoms with van der Waals surface area (Å²) in [6.45, 7) is 0. The molecule has 1 heterocycles. The second-order valence-corrected chi connectivity index (χ2v) is 4.41. The molecule has 0 spiro atoms. The molecular formula is C16H11NO3. The third-order valence-corrected chi connectivity index (χ3v) is 3.14. The van der Waals surface area contributed by atoms with Gasteiger partial charge in [0.15, 0.2) is 5.78 Å². The molecule has 1 aliphatic heterocycles. The third-order valence-electron chi connectivity index (χ3n) is 3.14. The van der Waals surface area contributed by atoms with Crippen molar-refractivity contribution in [2.24, 2.45) is 4.99 Å². The van der Waals surface area contributed by atoms with E-state index in [2.05, 4.69) is 9.73 Å². The zero-order chi connectivity index (χ0) is 14.1. The Morgan fingerprint density at radius 2 is 1.85 bits per heavy atom. The number of fused-ring (bicyclic) bond motifs is 1. The fourth-order valence-corrected chi connectivity index (χ4v) is 2.15. The van der Waals surface area contributed by atoms with E-state index in [1.807, 2.05) is 30.3 Å². The Kier molecular flexibility index (Phi) is 2.91. The summed E-state index contributed by atoms with van der Waals surface area (Å²) in [6.07, 6.45) is 4.83. The number of benzene rings is 1. The summed E-state index contributed by atoms with van der Waals surface area (Å²) in [5, 5.41) is 0. The summed E-state index contributed by atoms with van der Waals surface area (Å²) >= 11 is 0. The summed E-state index contributed by atoms with van der Waals surface area (Å²) in [7, 11) is 1.29. The number of ether oxygens (including phenoxy) is 1. The quantitative estimate of drug-likeness (QED) is 0.769. The molecule has 2 aliphatic rings. The molecule has 0 saturated heterocycles. The van der Waals surface area contributed by atoms with Crippen molar-refractivity contribution in [2.75, 3.05) is 7.11 Å². The number of nitrogens with zero attached hydrogens (tertiary/aromatic N) is 1. The lowest BCUT2D eigenvalue weighted by Gasteiger charge is -2.10. The molecule has 1 aromatic rings. The van der Waals surface area contributed by atoms with Crippen LogP contribution in [0.15, 0.2) is 64.8 Å². The molecule has 0 atom stereocenters. The predicted molar refractivity (Wildman–Crippen MR) is 75.0 cm³/mol. The van der Waals surface area contributed by atoms with E-state index in [0.29, 0.717) is 11.3 Å². The van der Waals surface area contributed by atoms with Gasteiger partial charge >= 0.3 is 5.97 Å². The number of allylic oxidation sites excluding steroid dienone is 4. The molecule has 1 aromatic carbocycles. The fraction of sp³-hybridized carbons (Fsp3) is 0.0625. The normalized spacial score (nSPS) is 16.8. The minimum Gasteiger partial charge on any atom is -0.464 e. The van der Waals surface area contributed by atoms with Gasteiger partial charge in [-0.05, 0) is 29.4 Å². The van der Waals surface area contributed by atoms with Gasteiger partial charge in [-0.2, -0.15) is 0 Å². The highest BCUT2D eigenvalue weighted by molar-refractivity contribution is 6.44. The van der Waals surface area contributed by atoms with Gasteiger partial charge in [0.25, 0.3) is 0 Å². The lowest BCUT2D eigenvalue weighted by molar-refractivity contribution is -0.132. The smallest absolute Gasteiger partial charge is 0.356 e. The van der Waals surface area contributed by atoms with E-state index in [-0.39, 0.29) is 11.5 Å². The molecule has 20 heavy (non-hydrogen) atoms. The molecule has 0 unspecified atom stereocenters. The zero-order valence-corrected chi connectivity index (χ0v) is 10.8. The zero-order valence-electron chi connectivity index (χ0n) is 10.8. The molecule has 1 aliphatic carbocycles. The molecule has 0 radical (unpaired) electrons. The van der Waals surface area contributed by atoms with Crippen LogP contribution in [0.1, 0.15) is 5.56 Å². The van der Waals surface area contributed by atoms with Crippen LogP contribution in [0.25, 0.3) is 5.57 Å². The summed E-state index contributed by atoms with van der Waals surface area (Å²) in [5.74, 6) is -0.689. The van der Waals surface area contributed by atoms with Crippen molar-refractivity contribution in [3.63, 3.8) is 0 Å². The highest BCUT2D eigenvalue weighted by Gasteiger charge is 2.27. The number of ketones is 1. The number of carbonyl (C=O) groups is 2. The van der Waals surface area contributed by atoms with Crippen molar-refractivity contribution in [3.05, 3.63) is 65.4 Å². The van der Waals surface area contributed by atoms with Crippen LogP contribution in [0.2, 0.25) is 0 Å².